The summed E-state index contributed by atoms with van der Waals surface area (Å²) in [7, 11) is -5.99. The number of likely N-dealkylation sites (tertiary alicyclic amines) is 2. The lowest BCUT2D eigenvalue weighted by molar-refractivity contribution is 0.0678. The molecule has 2 amide bonds. The summed E-state index contributed by atoms with van der Waals surface area (Å²) in [5, 5.41) is 6.66. The molecule has 10 aromatic rings. The molecule has 0 unspecified atom stereocenters. The van der Waals surface area contributed by atoms with Gasteiger partial charge in [-0.1, -0.05) is 99.9 Å². The van der Waals surface area contributed by atoms with Gasteiger partial charge < -0.3 is 48.9 Å². The molecule has 0 spiro atoms. The van der Waals surface area contributed by atoms with Crippen molar-refractivity contribution in [2.45, 2.75) is 175 Å². The fourth-order valence-electron chi connectivity index (χ4n) is 11.3. The quantitative estimate of drug-likeness (QED) is 0.0384. The van der Waals surface area contributed by atoms with Crippen LogP contribution in [0.2, 0.25) is 51.4 Å². The highest BCUT2D eigenvalue weighted by molar-refractivity contribution is 7.90. The normalized spacial score (nSPS) is 16.6. The van der Waals surface area contributed by atoms with Crippen LogP contribution in [0.4, 0.5) is 15.5 Å². The number of carbonyl (C=O) groups is 2. The highest BCUT2D eigenvalue weighted by Gasteiger charge is 2.32. The van der Waals surface area contributed by atoms with E-state index in [4.69, 9.17) is 39.6 Å². The fraction of sp³-hybridized carbons (Fsp3) is 0.437. The van der Waals surface area contributed by atoms with Crippen molar-refractivity contribution in [3.8, 4) is 43.9 Å². The number of nitrogens with zero attached hydrogens (tertiary/aromatic N) is 14. The molecular formula is C71H92N16O8S3Si2. The number of piperidine rings is 2. The number of carbonyl (C=O) groups excluding carboxylic acids is 2. The summed E-state index contributed by atoms with van der Waals surface area (Å²) in [6.45, 7) is 29.5. The molecule has 0 bridgehead atoms. The Morgan fingerprint density at radius 2 is 1.05 bits per heavy atom. The van der Waals surface area contributed by atoms with Crippen LogP contribution in [0.1, 0.15) is 73.4 Å². The third-order valence-electron chi connectivity index (χ3n) is 17.2. The molecular weight excluding hydrogens is 1360 g/mol. The summed E-state index contributed by atoms with van der Waals surface area (Å²) in [6, 6.07) is 29.9. The zero-order valence-corrected chi connectivity index (χ0v) is 63.9. The Bertz CT molecular complexity index is 4540. The summed E-state index contributed by atoms with van der Waals surface area (Å²) in [6.07, 6.45) is 11.6. The molecule has 12 rings (SSSR count). The summed E-state index contributed by atoms with van der Waals surface area (Å²) >= 11 is 2.65. The molecule has 2 fully saturated rings. The summed E-state index contributed by atoms with van der Waals surface area (Å²) in [4.78, 5) is 65.6. The third-order valence-corrected chi connectivity index (χ3v) is 23.1. The van der Waals surface area contributed by atoms with Crippen LogP contribution < -0.4 is 11.1 Å². The van der Waals surface area contributed by atoms with Crippen LogP contribution >= 0.6 is 23.1 Å². The summed E-state index contributed by atoms with van der Waals surface area (Å²) < 4.78 is 60.0. The average molecular weight is 1450 g/mol. The zero-order chi connectivity index (χ0) is 71.5. The predicted octanol–water partition coefficient (Wildman–Crippen LogP) is 14.0. The Balaban J connectivity index is 0.000000180. The van der Waals surface area contributed by atoms with E-state index in [-0.39, 0.29) is 48.1 Å². The third kappa shape index (κ3) is 20.0. The number of aromatic nitrogens is 12. The lowest BCUT2D eigenvalue weighted by Gasteiger charge is -2.37. The molecule has 0 aliphatic carbocycles. The molecule has 4 atom stereocenters. The molecule has 0 saturated carbocycles. The Morgan fingerprint density at radius 3 is 1.51 bits per heavy atom. The number of sulfone groups is 1. The van der Waals surface area contributed by atoms with Gasteiger partial charge in [0.1, 0.15) is 61.0 Å². The molecule has 10 heterocycles. The van der Waals surface area contributed by atoms with Crippen LogP contribution in [-0.4, -0.2) is 161 Å². The van der Waals surface area contributed by atoms with Crippen LogP contribution in [-0.2, 0) is 55.5 Å². The van der Waals surface area contributed by atoms with Crippen molar-refractivity contribution < 1.29 is 37.0 Å². The van der Waals surface area contributed by atoms with Crippen molar-refractivity contribution in [2.24, 2.45) is 5.73 Å². The number of nitrogens with two attached hydrogens (primary N) is 1. The van der Waals surface area contributed by atoms with Crippen molar-refractivity contribution in [3.63, 3.8) is 0 Å². The maximum absolute atomic E-state index is 13.1. The average Bonchev–Trinajstić information content (AvgIpc) is 1.62. The second-order valence-electron chi connectivity index (χ2n) is 28.2. The number of pyridine rings is 2. The van der Waals surface area contributed by atoms with Crippen LogP contribution in [0.3, 0.4) is 0 Å². The van der Waals surface area contributed by atoms with Crippen molar-refractivity contribution in [2.75, 3.05) is 37.9 Å². The minimum atomic E-state index is -3.55. The lowest BCUT2D eigenvalue weighted by atomic mass is 10.00. The molecule has 0 radical (unpaired) electrons. The van der Waals surface area contributed by atoms with Crippen LogP contribution in [0.25, 0.3) is 66.0 Å². The van der Waals surface area contributed by atoms with E-state index in [0.29, 0.717) is 69.5 Å². The van der Waals surface area contributed by atoms with Gasteiger partial charge in [-0.3, -0.25) is 0 Å². The molecule has 100 heavy (non-hydrogen) atoms. The maximum Gasteiger partial charge on any atom is 0.410 e. The first-order chi connectivity index (χ1) is 47.6. The van der Waals surface area contributed by atoms with Crippen LogP contribution in [0, 0.1) is 27.7 Å². The van der Waals surface area contributed by atoms with Gasteiger partial charge in [-0.15, -0.1) is 0 Å². The van der Waals surface area contributed by atoms with E-state index < -0.39 is 26.0 Å². The van der Waals surface area contributed by atoms with E-state index in [1.807, 2.05) is 130 Å². The second kappa shape index (κ2) is 33.0. The number of hydrogen-bond donors (Lipinski definition) is 2. The van der Waals surface area contributed by atoms with Crippen LogP contribution in [0.15, 0.2) is 115 Å². The first-order valence-corrected chi connectivity index (χ1v) is 44.6. The van der Waals surface area contributed by atoms with E-state index in [1.54, 1.807) is 9.80 Å². The van der Waals surface area contributed by atoms with Gasteiger partial charge in [-0.25, -0.2) is 57.9 Å². The van der Waals surface area contributed by atoms with Gasteiger partial charge in [-0.05, 0) is 149 Å². The molecule has 2 saturated heterocycles. The number of hydrogen-bond acceptors (Lipinski definition) is 22. The van der Waals surface area contributed by atoms with Gasteiger partial charge in [0, 0.05) is 120 Å². The van der Waals surface area contributed by atoms with Gasteiger partial charge in [0.15, 0.2) is 10.0 Å². The minimum Gasteiger partial charge on any atom is -0.445 e. The van der Waals surface area contributed by atoms with Gasteiger partial charge in [-0.2, -0.15) is 8.75 Å². The van der Waals surface area contributed by atoms with Gasteiger partial charge in [0.05, 0.1) is 11.4 Å². The maximum atomic E-state index is 13.1. The molecule has 2 aliphatic rings. The Morgan fingerprint density at radius 1 is 0.590 bits per heavy atom. The van der Waals surface area contributed by atoms with E-state index in [9.17, 15) is 18.0 Å². The Hall–Kier alpha value is -8.30. The Labute approximate surface area is 595 Å². The highest BCUT2D eigenvalue weighted by Crippen LogP contribution is 2.36. The highest BCUT2D eigenvalue weighted by atomic mass is 32.2. The van der Waals surface area contributed by atoms with E-state index in [0.717, 1.165) is 127 Å². The van der Waals surface area contributed by atoms with Crippen molar-refractivity contribution in [1.29, 1.82) is 0 Å². The molecule has 8 aromatic heterocycles. The molecule has 3 N–H and O–H groups in total. The zero-order valence-electron chi connectivity index (χ0n) is 59.4. The molecule has 2 aromatic carbocycles. The minimum absolute atomic E-state index is 0.0123. The van der Waals surface area contributed by atoms with E-state index >= 15 is 0 Å². The van der Waals surface area contributed by atoms with Crippen LogP contribution in [0.5, 0.6) is 0 Å². The van der Waals surface area contributed by atoms with Gasteiger partial charge >= 0.3 is 12.2 Å². The monoisotopic (exact) mass is 1450 g/mol. The van der Waals surface area contributed by atoms with Crippen molar-refractivity contribution in [1.82, 2.24) is 67.6 Å². The summed E-state index contributed by atoms with van der Waals surface area (Å²) in [5.74, 6) is 1.96. The molecule has 29 heteroatoms. The fourth-order valence-corrected chi connectivity index (χ4v) is 14.6. The smallest absolute Gasteiger partial charge is 0.410 e. The SMILES string of the molecule is C[C@@H]1CC[C@@H](N)CN1C(=O)OCc1ccccc1.Cc1nsc(-c2ccc3c(-c4nc(N[C@@H]5CC[C@@H](C)N(C(=O)OCc6ccccc6)C5)ncc4C)cn(COCC[Si](C)(C)C)c3n2)n1.Cc1nsc(-c2ccc3c(-c4nc(S(C)(=O)=O)ncc4C)cn(COCC[Si](C)(C)C)c3n2)n1. The first kappa shape index (κ1) is 74.4. The second-order valence-corrected chi connectivity index (χ2v) is 42.8. The van der Waals surface area contributed by atoms with Crippen molar-refractivity contribution in [3.05, 3.63) is 144 Å². The topological polar surface area (TPSA) is 288 Å². The lowest BCUT2D eigenvalue weighted by Crippen LogP contribution is -2.50. The first-order valence-electron chi connectivity index (χ1n) is 33.7. The number of aryl methyl sites for hydroxylation is 4. The number of benzene rings is 2. The molecule has 24 nitrogen and oxygen atoms in total. The van der Waals surface area contributed by atoms with Crippen molar-refractivity contribution >= 4 is 89.3 Å². The van der Waals surface area contributed by atoms with E-state index in [1.165, 1.54) is 29.3 Å². The number of ether oxygens (including phenoxy) is 4. The van der Waals surface area contributed by atoms with Gasteiger partial charge in [0.25, 0.3) is 0 Å². The number of amides is 2. The van der Waals surface area contributed by atoms with E-state index in [2.05, 4.69) is 102 Å². The predicted molar refractivity (Wildman–Crippen MR) is 399 cm³/mol. The van der Waals surface area contributed by atoms with Gasteiger partial charge in [0.2, 0.25) is 20.9 Å². The largest absolute Gasteiger partial charge is 0.445 e. The number of anilines is 1. The standard InChI is InChI=1S/C35H44N8O3SSi.C22H28N6O3S2Si.C14H20N2O2/c1-23-18-36-34(38-27-13-12-24(2)43(19-27)35(44)46-21-26-10-8-7-9-11-26)40-31(23)29-20-42(22-45-16-17-48(4,5)6)32-28(29)14-15-30(39-32)33-37-25(3)41-47-33;1-14-11-23-22(33(3,29)30)26-19(14)17-12-28(13-31-9-10-34(4,5)6)20-16(17)7-8-18(25-20)21-24-15(2)27-32-21;1-11-7-8-13(15)9-16(11)14(17)18-10-12-5-3-2-4-6-12/h7-11,14-15,18,20,24,27H,12-13,16-17,19,21-22H2,1-6H3,(H,36,38,40);7-8,11-12H,9-10,13H2,1-6H3;2-6,11,13H,7-10,15H2,1H3/t24-,27-;;11-,13-/m1.1/s1. The molecule has 530 valence electrons. The number of rotatable bonds is 21. The Kier molecular flexibility index (Phi) is 24.6. The number of nitrogens with one attached hydrogen (secondary N) is 1. The number of fused-ring (bicyclic) bond motifs is 2. The summed E-state index contributed by atoms with van der Waals surface area (Å²) in [5.41, 5.74) is 15.7. The molecule has 2 aliphatic heterocycles.